The number of carbonyl (C=O) groups excluding carboxylic acids is 1. The van der Waals surface area contributed by atoms with Crippen molar-refractivity contribution in [2.75, 3.05) is 13.1 Å². The second-order valence-corrected chi connectivity index (χ2v) is 6.92. The molecule has 2 heterocycles. The van der Waals surface area contributed by atoms with Crippen molar-refractivity contribution in [3.8, 4) is 0 Å². The molecule has 3 rings (SSSR count). The Morgan fingerprint density at radius 2 is 2.12 bits per heavy atom. The Kier molecular flexibility index (Phi) is 5.58. The summed E-state index contributed by atoms with van der Waals surface area (Å²) in [6.07, 6.45) is 2.84. The monoisotopic (exact) mass is 344 g/mol. The first-order chi connectivity index (χ1) is 11.7. The fraction of sp³-hybridized carbons (Fsp3) is 0.500. The van der Waals surface area contributed by atoms with Crippen molar-refractivity contribution in [2.45, 2.75) is 45.7 Å². The van der Waals surface area contributed by atoms with Gasteiger partial charge in [0.05, 0.1) is 5.69 Å². The number of rotatable bonds is 6. The first kappa shape index (κ1) is 17.0. The lowest BCUT2D eigenvalue weighted by atomic mass is 9.98. The Morgan fingerprint density at radius 3 is 2.88 bits per heavy atom. The zero-order chi connectivity index (χ0) is 16.9. The number of hydrogen-bond donors (Lipinski definition) is 1. The van der Waals surface area contributed by atoms with E-state index in [0.29, 0.717) is 17.5 Å². The molecule has 1 aliphatic heterocycles. The molecule has 0 radical (unpaired) electrons. The summed E-state index contributed by atoms with van der Waals surface area (Å²) >= 11 is 1.18. The molecule has 2 aromatic rings. The highest BCUT2D eigenvalue weighted by molar-refractivity contribution is 7.08. The third-order valence-electron chi connectivity index (χ3n) is 4.74. The quantitative estimate of drug-likeness (QED) is 0.875. The van der Waals surface area contributed by atoms with Gasteiger partial charge < -0.3 is 5.32 Å². The Balaban J connectivity index is 1.60. The topological polar surface area (TPSA) is 58.1 Å². The molecule has 0 saturated carbocycles. The molecule has 1 atom stereocenters. The Morgan fingerprint density at radius 1 is 1.33 bits per heavy atom. The van der Waals surface area contributed by atoms with Gasteiger partial charge in [-0.1, -0.05) is 42.6 Å². The van der Waals surface area contributed by atoms with E-state index >= 15 is 0 Å². The molecular weight excluding hydrogens is 320 g/mol. The number of hydrogen-bond acceptors (Lipinski definition) is 5. The van der Waals surface area contributed by atoms with Crippen LogP contribution in [0.4, 0.5) is 0 Å². The van der Waals surface area contributed by atoms with Crippen LogP contribution in [0.15, 0.2) is 24.3 Å². The van der Waals surface area contributed by atoms with Crippen molar-refractivity contribution in [3.63, 3.8) is 0 Å². The molecule has 1 unspecified atom stereocenters. The number of amides is 1. The smallest absolute Gasteiger partial charge is 0.265 e. The Labute approximate surface area is 147 Å². The van der Waals surface area contributed by atoms with E-state index in [0.717, 1.165) is 38.0 Å². The van der Waals surface area contributed by atoms with E-state index < -0.39 is 0 Å². The standard InChI is InChI=1S/C18H24N4OS/c1-3-15(11-19-18(23)17-16(4-2)20-21-24-17)22-10-9-13-7-5-6-8-14(13)12-22/h5-8,15H,3-4,9-12H2,1-2H3,(H,19,23). The van der Waals surface area contributed by atoms with E-state index in [1.807, 2.05) is 6.92 Å². The van der Waals surface area contributed by atoms with Crippen molar-refractivity contribution >= 4 is 17.4 Å². The number of benzene rings is 1. The molecule has 128 valence electrons. The van der Waals surface area contributed by atoms with Crippen LogP contribution < -0.4 is 5.32 Å². The molecule has 0 fully saturated rings. The summed E-state index contributed by atoms with van der Waals surface area (Å²) in [6.45, 7) is 6.86. The summed E-state index contributed by atoms with van der Waals surface area (Å²) in [5, 5.41) is 7.10. The van der Waals surface area contributed by atoms with Crippen LogP contribution in [0.1, 0.15) is 46.8 Å². The average Bonchev–Trinajstić information content (AvgIpc) is 3.10. The summed E-state index contributed by atoms with van der Waals surface area (Å²) in [6, 6.07) is 9.00. The van der Waals surface area contributed by atoms with Crippen molar-refractivity contribution in [1.82, 2.24) is 19.8 Å². The summed E-state index contributed by atoms with van der Waals surface area (Å²) in [5.41, 5.74) is 3.65. The van der Waals surface area contributed by atoms with Crippen LogP contribution in [0.25, 0.3) is 0 Å². The van der Waals surface area contributed by atoms with Gasteiger partial charge in [0.1, 0.15) is 4.88 Å². The molecule has 5 nitrogen and oxygen atoms in total. The van der Waals surface area contributed by atoms with Crippen LogP contribution in [0, 0.1) is 0 Å². The molecule has 0 saturated heterocycles. The SMILES string of the molecule is CCc1nnsc1C(=O)NCC(CC)N1CCc2ccccc2C1. The number of aromatic nitrogens is 2. The first-order valence-corrected chi connectivity index (χ1v) is 9.40. The molecule has 1 N–H and O–H groups in total. The fourth-order valence-electron chi connectivity index (χ4n) is 3.26. The number of aryl methyl sites for hydroxylation is 1. The van der Waals surface area contributed by atoms with Gasteiger partial charge in [-0.2, -0.15) is 0 Å². The van der Waals surface area contributed by atoms with E-state index in [9.17, 15) is 4.79 Å². The van der Waals surface area contributed by atoms with Gasteiger partial charge >= 0.3 is 0 Å². The maximum atomic E-state index is 12.4. The number of fused-ring (bicyclic) bond motifs is 1. The van der Waals surface area contributed by atoms with Crippen molar-refractivity contribution < 1.29 is 4.79 Å². The zero-order valence-corrected chi connectivity index (χ0v) is 15.1. The van der Waals surface area contributed by atoms with E-state index in [4.69, 9.17) is 0 Å². The van der Waals surface area contributed by atoms with Crippen molar-refractivity contribution in [2.24, 2.45) is 0 Å². The molecule has 0 spiro atoms. The molecule has 1 aromatic heterocycles. The van der Waals surface area contributed by atoms with Crippen LogP contribution in [-0.4, -0.2) is 39.5 Å². The highest BCUT2D eigenvalue weighted by Crippen LogP contribution is 2.21. The van der Waals surface area contributed by atoms with Crippen LogP contribution in [0.2, 0.25) is 0 Å². The van der Waals surface area contributed by atoms with Crippen molar-refractivity contribution in [1.29, 1.82) is 0 Å². The first-order valence-electron chi connectivity index (χ1n) is 8.63. The van der Waals surface area contributed by atoms with Crippen LogP contribution >= 0.6 is 11.5 Å². The van der Waals surface area contributed by atoms with Crippen molar-refractivity contribution in [3.05, 3.63) is 46.0 Å². The Hall–Kier alpha value is -1.79. The lowest BCUT2D eigenvalue weighted by Gasteiger charge is -2.35. The summed E-state index contributed by atoms with van der Waals surface area (Å²) in [7, 11) is 0. The maximum Gasteiger partial charge on any atom is 0.265 e. The number of carbonyl (C=O) groups is 1. The minimum atomic E-state index is -0.0438. The second kappa shape index (κ2) is 7.85. The van der Waals surface area contributed by atoms with Crippen LogP contribution in [-0.2, 0) is 19.4 Å². The molecular formula is C18H24N4OS. The minimum absolute atomic E-state index is 0.0438. The Bertz CT molecular complexity index is 700. The fourth-order valence-corrected chi connectivity index (χ4v) is 3.93. The highest BCUT2D eigenvalue weighted by atomic mass is 32.1. The number of nitrogens with one attached hydrogen (secondary N) is 1. The van der Waals surface area contributed by atoms with Gasteiger partial charge in [0.15, 0.2) is 0 Å². The van der Waals surface area contributed by atoms with Gasteiger partial charge in [0.25, 0.3) is 5.91 Å². The molecule has 6 heteroatoms. The van der Waals surface area contributed by atoms with E-state index in [1.165, 1.54) is 22.7 Å². The average molecular weight is 344 g/mol. The van der Waals surface area contributed by atoms with E-state index in [1.54, 1.807) is 0 Å². The molecule has 1 amide bonds. The van der Waals surface area contributed by atoms with Crippen LogP contribution in [0.3, 0.4) is 0 Å². The zero-order valence-electron chi connectivity index (χ0n) is 14.3. The minimum Gasteiger partial charge on any atom is -0.350 e. The van der Waals surface area contributed by atoms with Gasteiger partial charge in [-0.05, 0) is 41.9 Å². The molecule has 0 aliphatic carbocycles. The molecule has 1 aromatic carbocycles. The predicted octanol–water partition coefficient (Wildman–Crippen LogP) is 2.67. The van der Waals surface area contributed by atoms with E-state index in [-0.39, 0.29) is 5.91 Å². The highest BCUT2D eigenvalue weighted by Gasteiger charge is 2.23. The summed E-state index contributed by atoms with van der Waals surface area (Å²) in [4.78, 5) is 15.5. The van der Waals surface area contributed by atoms with Gasteiger partial charge in [-0.3, -0.25) is 9.69 Å². The largest absolute Gasteiger partial charge is 0.350 e. The van der Waals surface area contributed by atoms with Gasteiger partial charge in [0, 0.05) is 25.7 Å². The van der Waals surface area contributed by atoms with Crippen LogP contribution in [0.5, 0.6) is 0 Å². The third-order valence-corrected chi connectivity index (χ3v) is 5.51. The lowest BCUT2D eigenvalue weighted by Crippen LogP contribution is -2.45. The summed E-state index contributed by atoms with van der Waals surface area (Å²) < 4.78 is 3.90. The maximum absolute atomic E-state index is 12.4. The molecule has 24 heavy (non-hydrogen) atoms. The van der Waals surface area contributed by atoms with Gasteiger partial charge in [0.2, 0.25) is 0 Å². The van der Waals surface area contributed by atoms with Gasteiger partial charge in [-0.15, -0.1) is 5.10 Å². The molecule has 0 bridgehead atoms. The number of nitrogens with zero attached hydrogens (tertiary/aromatic N) is 3. The second-order valence-electron chi connectivity index (χ2n) is 6.16. The predicted molar refractivity (Wildman–Crippen MR) is 96.3 cm³/mol. The normalized spacial score (nSPS) is 15.8. The lowest BCUT2D eigenvalue weighted by molar-refractivity contribution is 0.0929. The van der Waals surface area contributed by atoms with E-state index in [2.05, 4.69) is 51.0 Å². The molecule has 1 aliphatic rings. The third kappa shape index (κ3) is 3.65. The van der Waals surface area contributed by atoms with Gasteiger partial charge in [-0.25, -0.2) is 0 Å². The summed E-state index contributed by atoms with van der Waals surface area (Å²) in [5.74, 6) is -0.0438.